The number of likely N-dealkylation sites (tertiary alicyclic amines) is 1. The van der Waals surface area contributed by atoms with E-state index in [1.807, 2.05) is 19.1 Å². The quantitative estimate of drug-likeness (QED) is 0.165. The zero-order valence-electron chi connectivity index (χ0n) is 24.1. The Hall–Kier alpha value is -2.68. The van der Waals surface area contributed by atoms with Gasteiger partial charge in [0.15, 0.2) is 0 Å². The summed E-state index contributed by atoms with van der Waals surface area (Å²) in [5, 5.41) is 9.69. The topological polar surface area (TPSA) is 96.4 Å². The van der Waals surface area contributed by atoms with Gasteiger partial charge in [-0.05, 0) is 69.9 Å². The Labute approximate surface area is 248 Å². The Bertz CT molecular complexity index is 1140. The van der Waals surface area contributed by atoms with Crippen LogP contribution in [0.25, 0.3) is 0 Å². The second-order valence-electron chi connectivity index (χ2n) is 11.3. The number of carbonyl (C=O) groups excluding carboxylic acids is 3. The molecule has 0 radical (unpaired) electrons. The molecule has 1 aromatic carbocycles. The standard InChI is InChI=1S/C32H43ClN2O6/c1-4-7-8-14-22-40-30(39)26-25-28(37)35(20-12-9-13-21-36)27(32(25)18-17-31(26,6-3)41-32)29(38)34(19-5-2)24-16-11-10-15-23(24)33/h4-5,10-11,15-16,25-27,36H,1-2,6-9,12-14,17-22H2,3H3/t25-,26+,27?,31-,32?/m0/s1. The number of ether oxygens (including phenoxy) is 2. The van der Waals surface area contributed by atoms with Crippen LogP contribution in [0.15, 0.2) is 49.6 Å². The molecular formula is C32H43ClN2O6. The maximum Gasteiger partial charge on any atom is 0.312 e. The van der Waals surface area contributed by atoms with Gasteiger partial charge in [0, 0.05) is 19.7 Å². The minimum Gasteiger partial charge on any atom is -0.465 e. The fourth-order valence-corrected chi connectivity index (χ4v) is 7.31. The number of hydrogen-bond acceptors (Lipinski definition) is 6. The van der Waals surface area contributed by atoms with Crippen molar-refractivity contribution >= 4 is 35.1 Å². The summed E-state index contributed by atoms with van der Waals surface area (Å²) in [5.41, 5.74) is -1.47. The lowest BCUT2D eigenvalue weighted by Crippen LogP contribution is -2.56. The van der Waals surface area contributed by atoms with Crippen molar-refractivity contribution in [2.75, 3.05) is 31.2 Å². The summed E-state index contributed by atoms with van der Waals surface area (Å²) in [7, 11) is 0. The number of esters is 1. The van der Waals surface area contributed by atoms with Gasteiger partial charge in [0.05, 0.1) is 28.8 Å². The summed E-state index contributed by atoms with van der Waals surface area (Å²) >= 11 is 6.54. The monoisotopic (exact) mass is 586 g/mol. The number of rotatable bonds is 16. The predicted molar refractivity (Wildman–Crippen MR) is 158 cm³/mol. The Morgan fingerprint density at radius 1 is 1.17 bits per heavy atom. The molecule has 0 saturated carbocycles. The zero-order valence-corrected chi connectivity index (χ0v) is 24.8. The molecule has 1 N–H and O–H groups in total. The Balaban J connectivity index is 1.71. The number of nitrogens with zero attached hydrogens (tertiary/aromatic N) is 2. The fraction of sp³-hybridized carbons (Fsp3) is 0.594. The van der Waals surface area contributed by atoms with E-state index in [1.54, 1.807) is 34.1 Å². The van der Waals surface area contributed by atoms with E-state index < -0.39 is 35.0 Å². The third-order valence-electron chi connectivity index (χ3n) is 8.99. The first-order valence-electron chi connectivity index (χ1n) is 14.9. The first-order valence-corrected chi connectivity index (χ1v) is 15.3. The van der Waals surface area contributed by atoms with Gasteiger partial charge in [-0.25, -0.2) is 0 Å². The van der Waals surface area contributed by atoms with Gasteiger partial charge in [-0.15, -0.1) is 13.2 Å². The smallest absolute Gasteiger partial charge is 0.312 e. The van der Waals surface area contributed by atoms with Gasteiger partial charge in [0.2, 0.25) is 5.91 Å². The number of para-hydroxylation sites is 1. The fourth-order valence-electron chi connectivity index (χ4n) is 7.07. The molecule has 0 aromatic heterocycles. The molecule has 2 amide bonds. The SMILES string of the molecule is C=CCCCCOC(=O)[C@H]1[C@H]2C(=O)N(CCCCCO)C(C(=O)N(CC=C)c3ccccc3Cl)C23CC[C@]1(CC)O3. The number of benzene rings is 1. The van der Waals surface area contributed by atoms with E-state index >= 15 is 0 Å². The largest absolute Gasteiger partial charge is 0.465 e. The summed E-state index contributed by atoms with van der Waals surface area (Å²) in [6.45, 7) is 10.4. The molecule has 4 rings (SSSR count). The molecule has 3 aliphatic rings. The van der Waals surface area contributed by atoms with Gasteiger partial charge in [-0.2, -0.15) is 0 Å². The minimum atomic E-state index is -1.14. The summed E-state index contributed by atoms with van der Waals surface area (Å²) in [6, 6.07) is 6.17. The van der Waals surface area contributed by atoms with E-state index in [2.05, 4.69) is 13.2 Å². The van der Waals surface area contributed by atoms with Crippen molar-refractivity contribution < 1.29 is 29.0 Å². The molecule has 41 heavy (non-hydrogen) atoms. The molecule has 3 heterocycles. The summed E-state index contributed by atoms with van der Waals surface area (Å²) in [6.07, 6.45) is 9.40. The first kappa shape index (κ1) is 31.3. The molecule has 5 atom stereocenters. The molecule has 8 nitrogen and oxygen atoms in total. The van der Waals surface area contributed by atoms with Crippen LogP contribution in [-0.4, -0.2) is 71.3 Å². The number of hydrogen-bond donors (Lipinski definition) is 1. The van der Waals surface area contributed by atoms with Crippen molar-refractivity contribution in [2.24, 2.45) is 11.8 Å². The number of amides is 2. The molecule has 3 fully saturated rings. The maximum atomic E-state index is 14.6. The Kier molecular flexibility index (Phi) is 10.3. The van der Waals surface area contributed by atoms with E-state index in [9.17, 15) is 19.5 Å². The summed E-state index contributed by atoms with van der Waals surface area (Å²) in [5.74, 6) is -2.55. The van der Waals surface area contributed by atoms with Crippen LogP contribution in [0.5, 0.6) is 0 Å². The molecule has 224 valence electrons. The van der Waals surface area contributed by atoms with Crippen molar-refractivity contribution in [3.8, 4) is 0 Å². The van der Waals surface area contributed by atoms with Gasteiger partial charge < -0.3 is 24.4 Å². The molecule has 3 saturated heterocycles. The highest BCUT2D eigenvalue weighted by atomic mass is 35.5. The maximum absolute atomic E-state index is 14.6. The van der Waals surface area contributed by atoms with Crippen LogP contribution >= 0.6 is 11.6 Å². The third-order valence-corrected chi connectivity index (χ3v) is 9.31. The third kappa shape index (κ3) is 5.71. The average Bonchev–Trinajstić information content (AvgIpc) is 3.57. The lowest BCUT2D eigenvalue weighted by atomic mass is 9.65. The molecule has 9 heteroatoms. The summed E-state index contributed by atoms with van der Waals surface area (Å²) < 4.78 is 12.6. The van der Waals surface area contributed by atoms with Crippen LogP contribution in [0.1, 0.15) is 64.7 Å². The van der Waals surface area contributed by atoms with E-state index in [4.69, 9.17) is 21.1 Å². The number of fused-ring (bicyclic) bond motifs is 1. The average molecular weight is 587 g/mol. The van der Waals surface area contributed by atoms with Crippen LogP contribution in [0.4, 0.5) is 5.69 Å². The van der Waals surface area contributed by atoms with Crippen molar-refractivity contribution in [2.45, 2.75) is 82.0 Å². The number of aliphatic hydroxyl groups is 1. The van der Waals surface area contributed by atoms with Crippen molar-refractivity contribution in [3.63, 3.8) is 0 Å². The van der Waals surface area contributed by atoms with E-state index in [0.717, 1.165) is 12.8 Å². The van der Waals surface area contributed by atoms with Crippen LogP contribution < -0.4 is 4.90 Å². The number of anilines is 1. The van der Waals surface area contributed by atoms with Crippen LogP contribution in [0.3, 0.4) is 0 Å². The number of aliphatic hydroxyl groups excluding tert-OH is 1. The predicted octanol–water partition coefficient (Wildman–Crippen LogP) is 5.08. The number of carbonyl (C=O) groups is 3. The van der Waals surface area contributed by atoms with E-state index in [-0.39, 0.29) is 31.6 Å². The van der Waals surface area contributed by atoms with E-state index in [0.29, 0.717) is 62.2 Å². The highest BCUT2D eigenvalue weighted by Gasteiger charge is 2.79. The lowest BCUT2D eigenvalue weighted by molar-refractivity contribution is -0.161. The van der Waals surface area contributed by atoms with Gasteiger partial charge in [-0.3, -0.25) is 14.4 Å². The van der Waals surface area contributed by atoms with E-state index in [1.165, 1.54) is 0 Å². The number of halogens is 1. The van der Waals surface area contributed by atoms with Gasteiger partial charge >= 0.3 is 5.97 Å². The molecule has 0 aliphatic carbocycles. The van der Waals surface area contributed by atoms with Crippen molar-refractivity contribution in [3.05, 3.63) is 54.6 Å². The van der Waals surface area contributed by atoms with Crippen molar-refractivity contribution in [1.82, 2.24) is 4.90 Å². The second kappa shape index (κ2) is 13.5. The number of allylic oxidation sites excluding steroid dienone is 1. The normalized spacial score (nSPS) is 28.0. The highest BCUT2D eigenvalue weighted by molar-refractivity contribution is 6.34. The first-order chi connectivity index (χ1) is 19.8. The van der Waals surface area contributed by atoms with Crippen molar-refractivity contribution in [1.29, 1.82) is 0 Å². The highest BCUT2D eigenvalue weighted by Crippen LogP contribution is 2.64. The lowest BCUT2D eigenvalue weighted by Gasteiger charge is -2.37. The summed E-state index contributed by atoms with van der Waals surface area (Å²) in [4.78, 5) is 45.7. The Morgan fingerprint density at radius 3 is 2.63 bits per heavy atom. The molecule has 2 bridgehead atoms. The molecule has 3 aliphatic heterocycles. The van der Waals surface area contributed by atoms with Gasteiger partial charge in [0.25, 0.3) is 5.91 Å². The molecule has 2 unspecified atom stereocenters. The number of unbranched alkanes of at least 4 members (excludes halogenated alkanes) is 4. The zero-order chi connectivity index (χ0) is 29.6. The van der Waals surface area contributed by atoms with Gasteiger partial charge in [0.1, 0.15) is 17.6 Å². The molecular weight excluding hydrogens is 544 g/mol. The minimum absolute atomic E-state index is 0.0608. The van der Waals surface area contributed by atoms with Crippen LogP contribution in [-0.2, 0) is 23.9 Å². The molecule has 1 spiro atoms. The molecule has 1 aromatic rings. The van der Waals surface area contributed by atoms with Gasteiger partial charge in [-0.1, -0.05) is 42.8 Å². The Morgan fingerprint density at radius 2 is 1.95 bits per heavy atom. The second-order valence-corrected chi connectivity index (χ2v) is 11.7. The van der Waals surface area contributed by atoms with Crippen LogP contribution in [0, 0.1) is 11.8 Å². The van der Waals surface area contributed by atoms with Crippen LogP contribution in [0.2, 0.25) is 5.02 Å².